The van der Waals surface area contributed by atoms with Crippen molar-refractivity contribution in [3.63, 3.8) is 0 Å². The zero-order chi connectivity index (χ0) is 22.6. The highest BCUT2D eigenvalue weighted by Gasteiger charge is 2.67. The quantitative estimate of drug-likeness (QED) is 0.389. The molecule has 0 aliphatic heterocycles. The van der Waals surface area contributed by atoms with E-state index in [1.165, 1.54) is 51.4 Å². The molecule has 5 aliphatic rings. The monoisotopic (exact) mass is 426 g/mol. The first kappa shape index (κ1) is 22.5. The Hall–Kier alpha value is -0.300. The molecule has 1 N–H and O–H groups in total. The summed E-state index contributed by atoms with van der Waals surface area (Å²) >= 11 is 0. The number of aliphatic hydroxyl groups is 1. The van der Waals surface area contributed by atoms with E-state index in [0.717, 1.165) is 30.1 Å². The lowest BCUT2D eigenvalue weighted by Gasteiger charge is -2.71. The van der Waals surface area contributed by atoms with E-state index in [0.29, 0.717) is 27.6 Å². The summed E-state index contributed by atoms with van der Waals surface area (Å²) in [4.78, 5) is 0. The fourth-order valence-electron chi connectivity index (χ4n) is 10.8. The minimum Gasteiger partial charge on any atom is -0.393 e. The van der Waals surface area contributed by atoms with Crippen molar-refractivity contribution in [1.29, 1.82) is 0 Å². The highest BCUT2D eigenvalue weighted by molar-refractivity contribution is 5.33. The molecule has 1 heteroatoms. The maximum Gasteiger partial charge on any atom is 0.0594 e. The number of rotatable bonds is 0. The van der Waals surface area contributed by atoms with E-state index in [4.69, 9.17) is 0 Å². The summed E-state index contributed by atoms with van der Waals surface area (Å²) in [5.74, 6) is 3.90. The maximum atomic E-state index is 10.9. The third kappa shape index (κ3) is 2.65. The lowest BCUT2D eigenvalue weighted by Crippen LogP contribution is -2.64. The maximum absolute atomic E-state index is 10.9. The summed E-state index contributed by atoms with van der Waals surface area (Å²) in [6, 6.07) is 0. The SMILES string of the molecule is C[C@@H]1[C@@H](C)CC[C@]2(C)CC[C@@]3(C)C(=CC[C@@H]4[C@@]5(C)CC[C@@H](O)C(C)(C)[C@H]5CC[C@]43C)[C@@H]12. The molecule has 0 aromatic carbocycles. The van der Waals surface area contributed by atoms with Crippen LogP contribution >= 0.6 is 0 Å². The predicted octanol–water partition coefficient (Wildman–Crippen LogP) is 8.02. The largest absolute Gasteiger partial charge is 0.393 e. The van der Waals surface area contributed by atoms with Crippen LogP contribution in [0.25, 0.3) is 0 Å². The van der Waals surface area contributed by atoms with Gasteiger partial charge in [-0.25, -0.2) is 0 Å². The normalized spacial score (nSPS) is 58.3. The van der Waals surface area contributed by atoms with Crippen LogP contribution in [-0.2, 0) is 0 Å². The molecule has 5 rings (SSSR count). The van der Waals surface area contributed by atoms with Gasteiger partial charge in [0.2, 0.25) is 0 Å². The van der Waals surface area contributed by atoms with Gasteiger partial charge in [-0.05, 0) is 114 Å². The summed E-state index contributed by atoms with van der Waals surface area (Å²) in [5.41, 5.74) is 3.60. The van der Waals surface area contributed by atoms with Crippen LogP contribution in [0.2, 0.25) is 0 Å². The van der Waals surface area contributed by atoms with E-state index in [1.54, 1.807) is 0 Å². The predicted molar refractivity (Wildman–Crippen MR) is 131 cm³/mol. The van der Waals surface area contributed by atoms with Gasteiger partial charge < -0.3 is 5.11 Å². The minimum atomic E-state index is -0.125. The van der Waals surface area contributed by atoms with Crippen molar-refractivity contribution in [2.75, 3.05) is 0 Å². The molecule has 176 valence electrons. The summed E-state index contributed by atoms with van der Waals surface area (Å²) in [5, 5.41) is 10.9. The number of hydrogen-bond donors (Lipinski definition) is 1. The highest BCUT2D eigenvalue weighted by atomic mass is 16.3. The van der Waals surface area contributed by atoms with Crippen molar-refractivity contribution in [3.05, 3.63) is 11.6 Å². The molecule has 4 saturated carbocycles. The van der Waals surface area contributed by atoms with Gasteiger partial charge in [0.25, 0.3) is 0 Å². The first-order chi connectivity index (χ1) is 14.3. The molecule has 0 saturated heterocycles. The average Bonchev–Trinajstić information content (AvgIpc) is 2.69. The van der Waals surface area contributed by atoms with Gasteiger partial charge in [0.1, 0.15) is 0 Å². The molecule has 0 radical (unpaired) electrons. The van der Waals surface area contributed by atoms with Gasteiger partial charge in [-0.15, -0.1) is 0 Å². The Balaban J connectivity index is 1.59. The molecule has 5 aliphatic carbocycles. The van der Waals surface area contributed by atoms with E-state index in [1.807, 2.05) is 5.57 Å². The first-order valence-corrected chi connectivity index (χ1v) is 13.7. The van der Waals surface area contributed by atoms with E-state index in [9.17, 15) is 5.11 Å². The van der Waals surface area contributed by atoms with Gasteiger partial charge in [-0.1, -0.05) is 67.0 Å². The second-order valence-electron chi connectivity index (χ2n) is 14.7. The van der Waals surface area contributed by atoms with Crippen LogP contribution in [0.15, 0.2) is 11.6 Å². The second kappa shape index (κ2) is 6.64. The summed E-state index contributed by atoms with van der Waals surface area (Å²) in [6.07, 6.45) is 14.5. The fraction of sp³-hybridized carbons (Fsp3) is 0.933. The van der Waals surface area contributed by atoms with Crippen LogP contribution in [-0.4, -0.2) is 11.2 Å². The van der Waals surface area contributed by atoms with E-state index < -0.39 is 0 Å². The lowest BCUT2D eigenvalue weighted by molar-refractivity contribution is -0.203. The van der Waals surface area contributed by atoms with Gasteiger partial charge in [0, 0.05) is 0 Å². The van der Waals surface area contributed by atoms with E-state index in [2.05, 4.69) is 61.5 Å². The Kier molecular flexibility index (Phi) is 4.82. The molecular weight excluding hydrogens is 376 g/mol. The molecule has 0 spiro atoms. The van der Waals surface area contributed by atoms with Crippen molar-refractivity contribution in [2.45, 2.75) is 119 Å². The Morgan fingerprint density at radius 1 is 0.806 bits per heavy atom. The van der Waals surface area contributed by atoms with Gasteiger partial charge in [-0.3, -0.25) is 0 Å². The molecule has 0 amide bonds. The zero-order valence-electron chi connectivity index (χ0n) is 21.9. The van der Waals surface area contributed by atoms with Crippen molar-refractivity contribution in [2.24, 2.45) is 56.7 Å². The molecule has 4 fully saturated rings. The Morgan fingerprint density at radius 2 is 1.52 bits per heavy atom. The van der Waals surface area contributed by atoms with Crippen LogP contribution < -0.4 is 0 Å². The molecule has 0 heterocycles. The molecule has 0 aromatic heterocycles. The second-order valence-corrected chi connectivity index (χ2v) is 14.7. The minimum absolute atomic E-state index is 0.0533. The van der Waals surface area contributed by atoms with Crippen LogP contribution in [0.5, 0.6) is 0 Å². The van der Waals surface area contributed by atoms with Crippen molar-refractivity contribution >= 4 is 0 Å². The van der Waals surface area contributed by atoms with E-state index in [-0.39, 0.29) is 11.5 Å². The lowest BCUT2D eigenvalue weighted by atomic mass is 9.33. The highest BCUT2D eigenvalue weighted by Crippen LogP contribution is 2.75. The first-order valence-electron chi connectivity index (χ1n) is 13.7. The summed E-state index contributed by atoms with van der Waals surface area (Å²) in [7, 11) is 0. The third-order valence-electron chi connectivity index (χ3n) is 13.4. The van der Waals surface area contributed by atoms with Gasteiger partial charge >= 0.3 is 0 Å². The van der Waals surface area contributed by atoms with Gasteiger partial charge in [-0.2, -0.15) is 0 Å². The molecule has 31 heavy (non-hydrogen) atoms. The van der Waals surface area contributed by atoms with Crippen molar-refractivity contribution in [3.8, 4) is 0 Å². The molecule has 0 unspecified atom stereocenters. The van der Waals surface area contributed by atoms with Crippen molar-refractivity contribution < 1.29 is 5.11 Å². The summed E-state index contributed by atoms with van der Waals surface area (Å²) in [6.45, 7) is 20.5. The van der Waals surface area contributed by atoms with Crippen LogP contribution in [0.3, 0.4) is 0 Å². The number of hydrogen-bond acceptors (Lipinski definition) is 1. The smallest absolute Gasteiger partial charge is 0.0594 e. The zero-order valence-corrected chi connectivity index (χ0v) is 21.9. The average molecular weight is 427 g/mol. The Bertz CT molecular complexity index is 779. The van der Waals surface area contributed by atoms with Crippen LogP contribution in [0.4, 0.5) is 0 Å². The summed E-state index contributed by atoms with van der Waals surface area (Å²) < 4.78 is 0. The third-order valence-corrected chi connectivity index (χ3v) is 13.4. The number of allylic oxidation sites excluding steroid dienone is 2. The fourth-order valence-corrected chi connectivity index (χ4v) is 10.8. The van der Waals surface area contributed by atoms with Gasteiger partial charge in [0.15, 0.2) is 0 Å². The standard InChI is InChI=1S/C30H50O/c1-19-11-14-27(5)17-18-29(7)21(25(27)20(19)2)9-10-23-28(6)15-13-24(31)26(3,4)22(28)12-16-30(23,29)8/h9,19-20,22-25,31H,10-18H2,1-8H3/t19-,20+,22+,23+,24+,25+,27+,28-,29-,30+/m0/s1. The van der Waals surface area contributed by atoms with Crippen LogP contribution in [0.1, 0.15) is 113 Å². The Labute approximate surface area is 192 Å². The topological polar surface area (TPSA) is 20.2 Å². The molecular formula is C30H50O. The molecule has 1 nitrogen and oxygen atoms in total. The molecule has 10 atom stereocenters. The van der Waals surface area contributed by atoms with Crippen molar-refractivity contribution in [1.82, 2.24) is 0 Å². The Morgan fingerprint density at radius 3 is 2.23 bits per heavy atom. The molecule has 0 bridgehead atoms. The molecule has 0 aromatic rings. The number of fused-ring (bicyclic) bond motifs is 7. The van der Waals surface area contributed by atoms with Crippen LogP contribution in [0, 0.1) is 56.7 Å². The van der Waals surface area contributed by atoms with E-state index >= 15 is 0 Å². The number of aliphatic hydroxyl groups excluding tert-OH is 1. The van der Waals surface area contributed by atoms with Gasteiger partial charge in [0.05, 0.1) is 6.10 Å².